The Balaban J connectivity index is 2.56. The molecule has 0 radical (unpaired) electrons. The van der Waals surface area contributed by atoms with Gasteiger partial charge in [-0.2, -0.15) is 0 Å². The molecule has 4 nitrogen and oxygen atoms in total. The maximum absolute atomic E-state index is 11.9. The fraction of sp³-hybridized carbons (Fsp3) is 0.909. The molecule has 0 aromatic heterocycles. The molecule has 0 spiro atoms. The summed E-state index contributed by atoms with van der Waals surface area (Å²) in [6, 6.07) is 0. The fourth-order valence-corrected chi connectivity index (χ4v) is 1.95. The first-order chi connectivity index (χ1) is 7.08. The topological polar surface area (TPSA) is 41.6 Å². The molecule has 0 aliphatic carbocycles. The lowest BCUT2D eigenvalue weighted by Gasteiger charge is -2.37. The molecule has 0 saturated carbocycles. The maximum atomic E-state index is 11.9. The minimum absolute atomic E-state index is 0.0820. The number of nitrogens with zero attached hydrogens (tertiary/aromatic N) is 1. The van der Waals surface area contributed by atoms with Crippen molar-refractivity contribution in [1.82, 2.24) is 10.2 Å². The Kier molecular flexibility index (Phi) is 4.54. The molecule has 1 rings (SSSR count). The number of methoxy groups -OCH3 is 1. The molecule has 1 saturated heterocycles. The Morgan fingerprint density at radius 3 is 2.93 bits per heavy atom. The SMILES string of the molecule is COCCCN1C(=O)CCNCC1(C)C. The van der Waals surface area contributed by atoms with Crippen molar-refractivity contribution in [1.29, 1.82) is 0 Å². The van der Waals surface area contributed by atoms with Crippen LogP contribution in [0.3, 0.4) is 0 Å². The van der Waals surface area contributed by atoms with Gasteiger partial charge in [0.2, 0.25) is 5.91 Å². The van der Waals surface area contributed by atoms with E-state index in [0.717, 1.165) is 26.1 Å². The second-order valence-electron chi connectivity index (χ2n) is 4.63. The Hall–Kier alpha value is -0.610. The third-order valence-corrected chi connectivity index (χ3v) is 2.84. The third-order valence-electron chi connectivity index (χ3n) is 2.84. The number of rotatable bonds is 4. The average molecular weight is 214 g/mol. The van der Waals surface area contributed by atoms with Crippen LogP contribution < -0.4 is 5.32 Å². The standard InChI is InChI=1S/C11H22N2O2/c1-11(2)9-12-6-5-10(14)13(11)7-4-8-15-3/h12H,4-9H2,1-3H3. The van der Waals surface area contributed by atoms with E-state index in [2.05, 4.69) is 19.2 Å². The lowest BCUT2D eigenvalue weighted by atomic mass is 10.0. The van der Waals surface area contributed by atoms with Crippen LogP contribution in [0.5, 0.6) is 0 Å². The average Bonchev–Trinajstić information content (AvgIpc) is 2.29. The number of hydrogen-bond acceptors (Lipinski definition) is 3. The number of hydrogen-bond donors (Lipinski definition) is 1. The Morgan fingerprint density at radius 2 is 2.27 bits per heavy atom. The van der Waals surface area contributed by atoms with Crippen LogP contribution in [0.1, 0.15) is 26.7 Å². The minimum Gasteiger partial charge on any atom is -0.385 e. The van der Waals surface area contributed by atoms with E-state index in [-0.39, 0.29) is 11.4 Å². The number of amides is 1. The van der Waals surface area contributed by atoms with Gasteiger partial charge in [0.25, 0.3) is 0 Å². The van der Waals surface area contributed by atoms with Crippen molar-refractivity contribution >= 4 is 5.91 Å². The van der Waals surface area contributed by atoms with Gasteiger partial charge in [0.05, 0.1) is 0 Å². The predicted molar refractivity (Wildman–Crippen MR) is 59.8 cm³/mol. The fourth-order valence-electron chi connectivity index (χ4n) is 1.95. The van der Waals surface area contributed by atoms with Crippen molar-refractivity contribution in [3.8, 4) is 0 Å². The number of ether oxygens (including phenoxy) is 1. The zero-order chi connectivity index (χ0) is 11.3. The van der Waals surface area contributed by atoms with Crippen LogP contribution in [0, 0.1) is 0 Å². The Morgan fingerprint density at radius 1 is 1.53 bits per heavy atom. The summed E-state index contributed by atoms with van der Waals surface area (Å²) in [6.07, 6.45) is 1.52. The largest absolute Gasteiger partial charge is 0.385 e. The summed E-state index contributed by atoms with van der Waals surface area (Å²) in [5.41, 5.74) is -0.0820. The molecular formula is C11H22N2O2. The first-order valence-corrected chi connectivity index (χ1v) is 5.58. The molecule has 0 aromatic carbocycles. The Bertz CT molecular complexity index is 217. The van der Waals surface area contributed by atoms with E-state index in [9.17, 15) is 4.79 Å². The predicted octanol–water partition coefficient (Wildman–Crippen LogP) is 0.623. The van der Waals surface area contributed by atoms with Crippen molar-refractivity contribution in [3.63, 3.8) is 0 Å². The molecule has 4 heteroatoms. The molecule has 1 aliphatic heterocycles. The van der Waals surface area contributed by atoms with E-state index in [1.54, 1.807) is 7.11 Å². The number of carbonyl (C=O) groups is 1. The van der Waals surface area contributed by atoms with Gasteiger partial charge in [0, 0.05) is 45.3 Å². The van der Waals surface area contributed by atoms with Gasteiger partial charge in [-0.1, -0.05) is 0 Å². The van der Waals surface area contributed by atoms with Crippen molar-refractivity contribution in [2.45, 2.75) is 32.2 Å². The van der Waals surface area contributed by atoms with Crippen LogP contribution in [0.25, 0.3) is 0 Å². The molecule has 0 bridgehead atoms. The van der Waals surface area contributed by atoms with Gasteiger partial charge in [-0.15, -0.1) is 0 Å². The van der Waals surface area contributed by atoms with E-state index >= 15 is 0 Å². The van der Waals surface area contributed by atoms with Gasteiger partial charge in [-0.05, 0) is 20.3 Å². The van der Waals surface area contributed by atoms with Gasteiger partial charge in [0.15, 0.2) is 0 Å². The van der Waals surface area contributed by atoms with Crippen molar-refractivity contribution in [2.24, 2.45) is 0 Å². The monoisotopic (exact) mass is 214 g/mol. The summed E-state index contributed by atoms with van der Waals surface area (Å²) in [5.74, 6) is 0.251. The maximum Gasteiger partial charge on any atom is 0.224 e. The van der Waals surface area contributed by atoms with Crippen LogP contribution in [0.15, 0.2) is 0 Å². The van der Waals surface area contributed by atoms with Crippen molar-refractivity contribution in [3.05, 3.63) is 0 Å². The minimum atomic E-state index is -0.0820. The first kappa shape index (κ1) is 12.5. The van der Waals surface area contributed by atoms with E-state index in [0.29, 0.717) is 13.0 Å². The van der Waals surface area contributed by atoms with E-state index in [1.165, 1.54) is 0 Å². The zero-order valence-electron chi connectivity index (χ0n) is 10.0. The summed E-state index contributed by atoms with van der Waals surface area (Å²) < 4.78 is 5.01. The molecule has 1 fully saturated rings. The van der Waals surface area contributed by atoms with Gasteiger partial charge in [-0.3, -0.25) is 4.79 Å². The summed E-state index contributed by atoms with van der Waals surface area (Å²) in [4.78, 5) is 13.8. The molecule has 1 amide bonds. The van der Waals surface area contributed by atoms with Crippen molar-refractivity contribution in [2.75, 3.05) is 33.4 Å². The molecule has 88 valence electrons. The number of nitrogens with one attached hydrogen (secondary N) is 1. The second kappa shape index (κ2) is 5.47. The van der Waals surface area contributed by atoms with Crippen LogP contribution in [0.4, 0.5) is 0 Å². The normalized spacial score (nSPS) is 21.5. The summed E-state index contributed by atoms with van der Waals surface area (Å²) in [5, 5.41) is 3.29. The first-order valence-electron chi connectivity index (χ1n) is 5.58. The lowest BCUT2D eigenvalue weighted by molar-refractivity contribution is -0.135. The van der Waals surface area contributed by atoms with Gasteiger partial charge in [-0.25, -0.2) is 0 Å². The molecule has 0 atom stereocenters. The second-order valence-corrected chi connectivity index (χ2v) is 4.63. The van der Waals surface area contributed by atoms with Gasteiger partial charge in [0.1, 0.15) is 0 Å². The highest BCUT2D eigenvalue weighted by atomic mass is 16.5. The molecule has 1 aliphatic rings. The summed E-state index contributed by atoms with van der Waals surface area (Å²) in [7, 11) is 1.69. The molecule has 1 N–H and O–H groups in total. The quantitative estimate of drug-likeness (QED) is 0.698. The van der Waals surface area contributed by atoms with Gasteiger partial charge < -0.3 is 15.0 Å². The highest BCUT2D eigenvalue weighted by Crippen LogP contribution is 2.17. The molecule has 0 unspecified atom stereocenters. The zero-order valence-corrected chi connectivity index (χ0v) is 10.0. The molecule has 0 aromatic rings. The van der Waals surface area contributed by atoms with Crippen LogP contribution in [-0.4, -0.2) is 49.7 Å². The van der Waals surface area contributed by atoms with Crippen LogP contribution in [0.2, 0.25) is 0 Å². The van der Waals surface area contributed by atoms with Crippen molar-refractivity contribution < 1.29 is 9.53 Å². The van der Waals surface area contributed by atoms with Gasteiger partial charge >= 0.3 is 0 Å². The highest BCUT2D eigenvalue weighted by Gasteiger charge is 2.31. The molecule has 1 heterocycles. The molecule has 15 heavy (non-hydrogen) atoms. The Labute approximate surface area is 92.0 Å². The lowest BCUT2D eigenvalue weighted by Crippen LogP contribution is -2.51. The summed E-state index contributed by atoms with van der Waals surface area (Å²) in [6.45, 7) is 7.38. The smallest absolute Gasteiger partial charge is 0.224 e. The highest BCUT2D eigenvalue weighted by molar-refractivity contribution is 5.77. The van der Waals surface area contributed by atoms with Crippen LogP contribution in [-0.2, 0) is 9.53 Å². The third kappa shape index (κ3) is 3.47. The van der Waals surface area contributed by atoms with E-state index in [1.807, 2.05) is 4.90 Å². The van der Waals surface area contributed by atoms with Crippen LogP contribution >= 0.6 is 0 Å². The molecular weight excluding hydrogens is 192 g/mol. The van der Waals surface area contributed by atoms with E-state index < -0.39 is 0 Å². The summed E-state index contributed by atoms with van der Waals surface area (Å²) >= 11 is 0. The number of carbonyl (C=O) groups excluding carboxylic acids is 1. The van der Waals surface area contributed by atoms with E-state index in [4.69, 9.17) is 4.74 Å².